The molecular formula is C21H20Cl2N2OS. The largest absolute Gasteiger partial charge is 0.326 e. The Kier molecular flexibility index (Phi) is 6.89. The van der Waals surface area contributed by atoms with Gasteiger partial charge in [0, 0.05) is 16.3 Å². The van der Waals surface area contributed by atoms with Crippen LogP contribution in [-0.4, -0.2) is 5.91 Å². The fourth-order valence-electron chi connectivity index (χ4n) is 2.64. The number of halogens is 2. The van der Waals surface area contributed by atoms with Crippen molar-refractivity contribution in [2.45, 2.75) is 31.1 Å². The zero-order valence-corrected chi connectivity index (χ0v) is 17.2. The molecule has 0 aromatic heterocycles. The Balaban J connectivity index is 1.63. The molecule has 0 saturated heterocycles. The van der Waals surface area contributed by atoms with E-state index in [1.165, 1.54) is 11.9 Å². The van der Waals surface area contributed by atoms with Crippen LogP contribution in [0.4, 0.5) is 5.69 Å². The van der Waals surface area contributed by atoms with Crippen LogP contribution in [0, 0.1) is 6.92 Å². The van der Waals surface area contributed by atoms with E-state index < -0.39 is 0 Å². The van der Waals surface area contributed by atoms with Gasteiger partial charge in [0.25, 0.3) is 0 Å². The summed E-state index contributed by atoms with van der Waals surface area (Å²) in [5.74, 6) is -0.0930. The molecule has 27 heavy (non-hydrogen) atoms. The number of carbonyl (C=O) groups is 1. The lowest BCUT2D eigenvalue weighted by molar-refractivity contribution is -0.115. The highest BCUT2D eigenvalue weighted by atomic mass is 35.5. The monoisotopic (exact) mass is 418 g/mol. The molecule has 0 bridgehead atoms. The number of anilines is 1. The zero-order valence-electron chi connectivity index (χ0n) is 14.9. The number of hydrogen-bond donors (Lipinski definition) is 2. The number of benzene rings is 2. The van der Waals surface area contributed by atoms with Crippen LogP contribution in [0.15, 0.2) is 65.2 Å². The van der Waals surface area contributed by atoms with E-state index in [0.29, 0.717) is 10.0 Å². The van der Waals surface area contributed by atoms with E-state index >= 15 is 0 Å². The molecule has 0 unspecified atom stereocenters. The first-order chi connectivity index (χ1) is 13.0. The summed E-state index contributed by atoms with van der Waals surface area (Å²) in [6.45, 7) is 1.98. The van der Waals surface area contributed by atoms with Gasteiger partial charge in [-0.3, -0.25) is 4.79 Å². The number of rotatable bonds is 6. The lowest BCUT2D eigenvalue weighted by Crippen LogP contribution is -2.15. The molecule has 0 atom stereocenters. The minimum Gasteiger partial charge on any atom is -0.326 e. The Hall–Kier alpha value is -1.88. The molecule has 0 aliphatic heterocycles. The molecule has 2 aromatic carbocycles. The van der Waals surface area contributed by atoms with Crippen molar-refractivity contribution in [3.63, 3.8) is 0 Å². The van der Waals surface area contributed by atoms with E-state index in [0.717, 1.165) is 40.2 Å². The van der Waals surface area contributed by atoms with Gasteiger partial charge in [-0.2, -0.15) is 0 Å². The van der Waals surface area contributed by atoms with E-state index in [1.54, 1.807) is 12.1 Å². The van der Waals surface area contributed by atoms with Crippen molar-refractivity contribution in [2.75, 3.05) is 5.32 Å². The van der Waals surface area contributed by atoms with Crippen molar-refractivity contribution in [1.82, 2.24) is 4.72 Å². The van der Waals surface area contributed by atoms with Crippen LogP contribution in [0.25, 0.3) is 0 Å². The van der Waals surface area contributed by atoms with Gasteiger partial charge in [-0.1, -0.05) is 47.5 Å². The van der Waals surface area contributed by atoms with Gasteiger partial charge in [0.15, 0.2) is 0 Å². The second-order valence-corrected chi connectivity index (χ2v) is 7.99. The molecule has 0 spiro atoms. The average Bonchev–Trinajstić information content (AvgIpc) is 2.66. The Bertz CT molecular complexity index is 909. The summed E-state index contributed by atoms with van der Waals surface area (Å²) in [5, 5.41) is 3.92. The van der Waals surface area contributed by atoms with Gasteiger partial charge in [0.2, 0.25) is 5.91 Å². The summed E-state index contributed by atoms with van der Waals surface area (Å²) >= 11 is 13.5. The van der Waals surface area contributed by atoms with E-state index in [4.69, 9.17) is 23.2 Å². The molecule has 6 heteroatoms. The first-order valence-corrected chi connectivity index (χ1v) is 10.2. The van der Waals surface area contributed by atoms with Crippen LogP contribution in [0.1, 0.15) is 24.0 Å². The summed E-state index contributed by atoms with van der Waals surface area (Å²) in [4.78, 5) is 13.5. The van der Waals surface area contributed by atoms with E-state index in [2.05, 4.69) is 28.3 Å². The molecule has 1 aliphatic rings. The van der Waals surface area contributed by atoms with E-state index in [9.17, 15) is 4.79 Å². The van der Waals surface area contributed by atoms with Crippen LogP contribution in [-0.2, 0) is 11.2 Å². The number of allylic oxidation sites excluding steroid dienone is 3. The molecule has 2 N–H and O–H groups in total. The highest BCUT2D eigenvalue weighted by molar-refractivity contribution is 7.97. The Labute approximate surface area is 174 Å². The fourth-order valence-corrected chi connectivity index (χ4v) is 3.66. The third-order valence-electron chi connectivity index (χ3n) is 4.11. The predicted molar refractivity (Wildman–Crippen MR) is 115 cm³/mol. The second-order valence-electron chi connectivity index (χ2n) is 6.29. The van der Waals surface area contributed by atoms with E-state index in [1.807, 2.05) is 31.2 Å². The Morgan fingerprint density at radius 2 is 1.96 bits per heavy atom. The molecule has 3 nitrogen and oxygen atoms in total. The lowest BCUT2D eigenvalue weighted by atomic mass is 10.1. The minimum atomic E-state index is -0.0930. The first-order valence-electron chi connectivity index (χ1n) is 8.65. The van der Waals surface area contributed by atoms with Crippen molar-refractivity contribution >= 4 is 46.7 Å². The SMILES string of the molecule is Cc1ccc(SNC2=CCCC=C2)cc1NC(=O)Cc1ccc(Cl)c(Cl)c1. The van der Waals surface area contributed by atoms with Gasteiger partial charge in [-0.05, 0) is 73.2 Å². The highest BCUT2D eigenvalue weighted by Crippen LogP contribution is 2.26. The molecule has 3 rings (SSSR count). The third kappa shape index (κ3) is 5.80. The van der Waals surface area contributed by atoms with Gasteiger partial charge in [-0.25, -0.2) is 0 Å². The lowest BCUT2D eigenvalue weighted by Gasteiger charge is -2.13. The summed E-state index contributed by atoms with van der Waals surface area (Å²) in [6, 6.07) is 11.3. The smallest absolute Gasteiger partial charge is 0.228 e. The highest BCUT2D eigenvalue weighted by Gasteiger charge is 2.09. The van der Waals surface area contributed by atoms with Gasteiger partial charge in [0.1, 0.15) is 0 Å². The molecule has 0 saturated carbocycles. The average molecular weight is 419 g/mol. The number of aryl methyl sites for hydroxylation is 1. The molecule has 0 heterocycles. The van der Waals surface area contributed by atoms with Crippen molar-refractivity contribution in [3.8, 4) is 0 Å². The summed E-state index contributed by atoms with van der Waals surface area (Å²) in [7, 11) is 0. The molecule has 1 amide bonds. The van der Waals surface area contributed by atoms with Gasteiger partial charge in [-0.15, -0.1) is 0 Å². The maximum Gasteiger partial charge on any atom is 0.228 e. The maximum atomic E-state index is 12.4. The van der Waals surface area contributed by atoms with Crippen LogP contribution < -0.4 is 10.0 Å². The molecule has 140 valence electrons. The van der Waals surface area contributed by atoms with Gasteiger partial charge < -0.3 is 10.0 Å². The quantitative estimate of drug-likeness (QED) is 0.539. The third-order valence-corrected chi connectivity index (χ3v) is 5.68. The summed E-state index contributed by atoms with van der Waals surface area (Å²) in [6.07, 6.45) is 8.82. The van der Waals surface area contributed by atoms with Crippen LogP contribution in [0.3, 0.4) is 0 Å². The fraction of sp³-hybridized carbons (Fsp3) is 0.190. The van der Waals surface area contributed by atoms with Crippen LogP contribution in [0.5, 0.6) is 0 Å². The Morgan fingerprint density at radius 3 is 2.70 bits per heavy atom. The molecule has 2 aromatic rings. The topological polar surface area (TPSA) is 41.1 Å². The first kappa shape index (κ1) is 19.9. The zero-order chi connectivity index (χ0) is 19.2. The molecule has 1 aliphatic carbocycles. The standard InChI is InChI=1S/C21H20Cl2N2OS/c1-14-7-9-17(27-25-16-5-3-2-4-6-16)13-20(14)24-21(26)12-15-8-10-18(22)19(23)11-15/h3,5-11,13,25H,2,4,12H2,1H3,(H,24,26). The van der Waals surface area contributed by atoms with Crippen molar-refractivity contribution in [3.05, 3.63) is 81.5 Å². The molecule has 0 fully saturated rings. The van der Waals surface area contributed by atoms with Gasteiger partial charge in [0.05, 0.1) is 16.5 Å². The summed E-state index contributed by atoms with van der Waals surface area (Å²) in [5.41, 5.74) is 3.75. The number of amides is 1. The second kappa shape index (κ2) is 9.36. The van der Waals surface area contributed by atoms with Crippen LogP contribution >= 0.6 is 35.1 Å². The minimum absolute atomic E-state index is 0.0930. The Morgan fingerprint density at radius 1 is 1.11 bits per heavy atom. The molecule has 0 radical (unpaired) electrons. The number of nitrogens with one attached hydrogen (secondary N) is 2. The van der Waals surface area contributed by atoms with Crippen LogP contribution in [0.2, 0.25) is 10.0 Å². The predicted octanol–water partition coefficient (Wildman–Crippen LogP) is 6.31. The van der Waals surface area contributed by atoms with Crippen molar-refractivity contribution < 1.29 is 4.79 Å². The van der Waals surface area contributed by atoms with Gasteiger partial charge >= 0.3 is 0 Å². The summed E-state index contributed by atoms with van der Waals surface area (Å²) < 4.78 is 3.34. The molecular weight excluding hydrogens is 399 g/mol. The van der Waals surface area contributed by atoms with Crippen molar-refractivity contribution in [2.24, 2.45) is 0 Å². The normalized spacial score (nSPS) is 13.2. The number of hydrogen-bond acceptors (Lipinski definition) is 3. The van der Waals surface area contributed by atoms with E-state index in [-0.39, 0.29) is 12.3 Å². The maximum absolute atomic E-state index is 12.4. The number of carbonyl (C=O) groups excluding carboxylic acids is 1. The van der Waals surface area contributed by atoms with Crippen molar-refractivity contribution in [1.29, 1.82) is 0 Å².